The fourth-order valence-electron chi connectivity index (χ4n) is 2.07. The van der Waals surface area contributed by atoms with E-state index in [1.54, 1.807) is 4.90 Å². The van der Waals surface area contributed by atoms with Gasteiger partial charge in [0.1, 0.15) is 16.9 Å². The number of nitrogens with zero attached hydrogens (tertiary/aromatic N) is 6. The maximum atomic E-state index is 12.9. The van der Waals surface area contributed by atoms with Crippen LogP contribution in [-0.2, 0) is 6.18 Å². The van der Waals surface area contributed by atoms with Crippen LogP contribution in [0.1, 0.15) is 34.1 Å². The van der Waals surface area contributed by atoms with Gasteiger partial charge >= 0.3 is 12.1 Å². The minimum atomic E-state index is -4.85. The summed E-state index contributed by atoms with van der Waals surface area (Å²) in [7, 11) is 0. The first kappa shape index (κ1) is 17.5. The summed E-state index contributed by atoms with van der Waals surface area (Å²) in [5.74, 6) is -1.68. The third-order valence-electron chi connectivity index (χ3n) is 3.14. The van der Waals surface area contributed by atoms with E-state index >= 15 is 0 Å². The molecular formula is C11H10F3N7O2S2. The molecule has 134 valence electrons. The molecule has 2 aromatic heterocycles. The van der Waals surface area contributed by atoms with E-state index in [4.69, 9.17) is 5.11 Å². The van der Waals surface area contributed by atoms with Crippen molar-refractivity contribution in [2.45, 2.75) is 23.6 Å². The third-order valence-corrected chi connectivity index (χ3v) is 5.18. The Morgan fingerprint density at radius 3 is 2.80 bits per heavy atom. The van der Waals surface area contributed by atoms with Gasteiger partial charge in [0.15, 0.2) is 16.2 Å². The minimum absolute atomic E-state index is 0.0895. The number of H-pyrrole nitrogens is 1. The molecule has 14 heteroatoms. The molecule has 1 aliphatic heterocycles. The SMILES string of the molecule is CCN1C=NN(Sc2nc(C(F)(F)F)c(C(=O)O)s2)C1c1cn[nH]n1. The second kappa shape index (κ2) is 6.51. The van der Waals surface area contributed by atoms with Gasteiger partial charge in [0.2, 0.25) is 0 Å². The molecule has 2 aromatic rings. The first-order valence-electron chi connectivity index (χ1n) is 6.75. The summed E-state index contributed by atoms with van der Waals surface area (Å²) in [6, 6.07) is 0. The van der Waals surface area contributed by atoms with Crippen molar-refractivity contribution >= 4 is 35.6 Å². The van der Waals surface area contributed by atoms with Crippen LogP contribution < -0.4 is 0 Å². The van der Waals surface area contributed by atoms with Crippen LogP contribution in [0.2, 0.25) is 0 Å². The lowest BCUT2D eigenvalue weighted by molar-refractivity contribution is -0.141. The molecule has 3 rings (SSSR count). The molecule has 2 N–H and O–H groups in total. The first-order valence-corrected chi connectivity index (χ1v) is 8.34. The van der Waals surface area contributed by atoms with Gasteiger partial charge in [-0.3, -0.25) is 0 Å². The van der Waals surface area contributed by atoms with Crippen LogP contribution in [0.25, 0.3) is 0 Å². The number of aromatic carboxylic acids is 1. The van der Waals surface area contributed by atoms with E-state index in [9.17, 15) is 18.0 Å². The van der Waals surface area contributed by atoms with E-state index in [0.29, 0.717) is 23.6 Å². The smallest absolute Gasteiger partial charge is 0.435 e. The number of halogens is 3. The molecular weight excluding hydrogens is 383 g/mol. The van der Waals surface area contributed by atoms with Gasteiger partial charge in [-0.15, -0.1) is 0 Å². The largest absolute Gasteiger partial charge is 0.477 e. The van der Waals surface area contributed by atoms with Gasteiger partial charge in [-0.1, -0.05) is 11.3 Å². The Balaban J connectivity index is 1.89. The average Bonchev–Trinajstić information content (AvgIpc) is 3.25. The lowest BCUT2D eigenvalue weighted by atomic mass is 10.3. The summed E-state index contributed by atoms with van der Waals surface area (Å²) in [6.45, 7) is 2.45. The molecule has 25 heavy (non-hydrogen) atoms. The lowest BCUT2D eigenvalue weighted by Gasteiger charge is -2.26. The molecule has 3 heterocycles. The normalized spacial score (nSPS) is 17.5. The van der Waals surface area contributed by atoms with Gasteiger partial charge in [0.25, 0.3) is 0 Å². The van der Waals surface area contributed by atoms with Crippen LogP contribution in [-0.4, -0.2) is 53.7 Å². The Hall–Kier alpha value is -2.35. The summed E-state index contributed by atoms with van der Waals surface area (Å²) in [4.78, 5) is 15.4. The van der Waals surface area contributed by atoms with Crippen LogP contribution >= 0.6 is 23.3 Å². The molecule has 0 saturated heterocycles. The van der Waals surface area contributed by atoms with Gasteiger partial charge in [-0.2, -0.15) is 33.7 Å². The summed E-state index contributed by atoms with van der Waals surface area (Å²) in [5.41, 5.74) is -0.904. The van der Waals surface area contributed by atoms with Crippen molar-refractivity contribution < 1.29 is 23.1 Å². The summed E-state index contributed by atoms with van der Waals surface area (Å²) >= 11 is 1.25. The quantitative estimate of drug-likeness (QED) is 0.745. The van der Waals surface area contributed by atoms with Gasteiger partial charge in [-0.25, -0.2) is 14.2 Å². The number of hydrogen-bond donors (Lipinski definition) is 2. The number of nitrogens with one attached hydrogen (secondary N) is 1. The van der Waals surface area contributed by atoms with Crippen LogP contribution in [0.3, 0.4) is 0 Å². The van der Waals surface area contributed by atoms with Gasteiger partial charge < -0.3 is 10.0 Å². The van der Waals surface area contributed by atoms with E-state index in [2.05, 4.69) is 25.5 Å². The van der Waals surface area contributed by atoms with Crippen LogP contribution in [0, 0.1) is 0 Å². The highest BCUT2D eigenvalue weighted by molar-refractivity contribution is 7.98. The molecule has 0 saturated carbocycles. The number of aromatic amines is 1. The number of hydrogen-bond acceptors (Lipinski definition) is 9. The number of hydrazone groups is 1. The highest BCUT2D eigenvalue weighted by Gasteiger charge is 2.41. The summed E-state index contributed by atoms with van der Waals surface area (Å²) in [5, 5.41) is 23.3. The predicted molar refractivity (Wildman–Crippen MR) is 81.8 cm³/mol. The van der Waals surface area contributed by atoms with Crippen molar-refractivity contribution in [3.05, 3.63) is 22.5 Å². The van der Waals surface area contributed by atoms with Crippen molar-refractivity contribution in [1.29, 1.82) is 0 Å². The minimum Gasteiger partial charge on any atom is -0.477 e. The molecule has 0 radical (unpaired) electrons. The molecule has 0 bridgehead atoms. The number of alkyl halides is 3. The van der Waals surface area contributed by atoms with Gasteiger partial charge in [0, 0.05) is 18.5 Å². The number of aromatic nitrogens is 4. The molecule has 0 amide bonds. The van der Waals surface area contributed by atoms with Crippen LogP contribution in [0.15, 0.2) is 15.6 Å². The van der Waals surface area contributed by atoms with Crippen molar-refractivity contribution in [2.24, 2.45) is 5.10 Å². The van der Waals surface area contributed by atoms with E-state index in [1.165, 1.54) is 16.9 Å². The number of carbonyl (C=O) groups is 1. The zero-order valence-electron chi connectivity index (χ0n) is 12.4. The van der Waals surface area contributed by atoms with Crippen LogP contribution in [0.5, 0.6) is 0 Å². The molecule has 9 nitrogen and oxygen atoms in total. The molecule has 1 atom stereocenters. The van der Waals surface area contributed by atoms with Gasteiger partial charge in [-0.05, 0) is 6.92 Å². The highest BCUT2D eigenvalue weighted by Crippen LogP contribution is 2.42. The Morgan fingerprint density at radius 2 is 2.28 bits per heavy atom. The maximum absolute atomic E-state index is 12.9. The van der Waals surface area contributed by atoms with Crippen LogP contribution in [0.4, 0.5) is 13.2 Å². The van der Waals surface area contributed by atoms with Crippen molar-refractivity contribution in [3.8, 4) is 0 Å². The lowest BCUT2D eigenvalue weighted by Crippen LogP contribution is -2.29. The Bertz CT molecular complexity index is 792. The molecule has 0 fully saturated rings. The highest BCUT2D eigenvalue weighted by atomic mass is 32.2. The fourth-order valence-corrected chi connectivity index (χ4v) is 4.07. The Kier molecular flexibility index (Phi) is 4.55. The average molecular weight is 393 g/mol. The number of rotatable bonds is 5. The monoisotopic (exact) mass is 393 g/mol. The van der Waals surface area contributed by atoms with Crippen molar-refractivity contribution in [1.82, 2.24) is 29.7 Å². The number of thiazole rings is 1. The fraction of sp³-hybridized carbons (Fsp3) is 0.364. The maximum Gasteiger partial charge on any atom is 0.435 e. The molecule has 1 aliphatic rings. The van der Waals surface area contributed by atoms with Crippen molar-refractivity contribution in [3.63, 3.8) is 0 Å². The van der Waals surface area contributed by atoms with E-state index in [1.807, 2.05) is 6.92 Å². The number of carboxylic acid groups (broad SMARTS) is 1. The Labute approximate surface area is 146 Å². The zero-order valence-corrected chi connectivity index (χ0v) is 14.1. The van der Waals surface area contributed by atoms with E-state index < -0.39 is 28.9 Å². The third kappa shape index (κ3) is 3.39. The van der Waals surface area contributed by atoms with E-state index in [0.717, 1.165) is 11.9 Å². The Morgan fingerprint density at radius 1 is 1.52 bits per heavy atom. The van der Waals surface area contributed by atoms with Gasteiger partial charge in [0.05, 0.1) is 6.20 Å². The number of carboxylic acids is 1. The first-order chi connectivity index (χ1) is 11.8. The second-order valence-electron chi connectivity index (χ2n) is 4.68. The summed E-state index contributed by atoms with van der Waals surface area (Å²) < 4.78 is 40.2. The van der Waals surface area contributed by atoms with Crippen molar-refractivity contribution in [2.75, 3.05) is 6.54 Å². The van der Waals surface area contributed by atoms with E-state index in [-0.39, 0.29) is 4.34 Å². The molecule has 0 spiro atoms. The summed E-state index contributed by atoms with van der Waals surface area (Å²) in [6.07, 6.45) is -2.36. The topological polar surface area (TPSA) is 111 Å². The molecule has 1 unspecified atom stereocenters. The predicted octanol–water partition coefficient (Wildman–Crippen LogP) is 2.26. The molecule has 0 aromatic carbocycles. The molecule has 0 aliphatic carbocycles. The zero-order chi connectivity index (χ0) is 18.2. The standard InChI is InChI=1S/C11H10F3N7O2S2/c1-2-20-4-16-21(8(20)5-3-15-19-18-5)25-10-17-7(11(12,13)14)6(24-10)9(22)23/h3-4,8H,2H2,1H3,(H,22,23)(H,15,18,19). The second-order valence-corrected chi connectivity index (χ2v) is 6.89.